The molecule has 0 saturated heterocycles. The van der Waals surface area contributed by atoms with Crippen molar-refractivity contribution in [3.8, 4) is 23.7 Å². The average molecular weight is 194 g/mol. The normalized spacial score (nSPS) is 10.8. The van der Waals surface area contributed by atoms with Crippen molar-refractivity contribution in [3.63, 3.8) is 0 Å². The fourth-order valence-corrected chi connectivity index (χ4v) is 0.824. The Morgan fingerprint density at radius 1 is 1.14 bits per heavy atom. The SMILES string of the molecule is CCC(O)CCC#CC#CCCCO. The van der Waals surface area contributed by atoms with Crippen LogP contribution in [0.15, 0.2) is 0 Å². The molecule has 0 saturated carbocycles. The van der Waals surface area contributed by atoms with Gasteiger partial charge in [-0.05, 0) is 31.1 Å². The molecule has 1 atom stereocenters. The van der Waals surface area contributed by atoms with Crippen LogP contribution in [0.4, 0.5) is 0 Å². The lowest BCUT2D eigenvalue weighted by atomic mass is 10.1. The molecule has 0 radical (unpaired) electrons. The molecule has 0 bridgehead atoms. The molecule has 0 spiro atoms. The molecule has 2 heteroatoms. The molecule has 14 heavy (non-hydrogen) atoms. The van der Waals surface area contributed by atoms with Crippen molar-refractivity contribution in [3.05, 3.63) is 0 Å². The molecule has 0 aliphatic rings. The molecular formula is C12H18O2. The molecule has 0 aromatic heterocycles. The highest BCUT2D eigenvalue weighted by molar-refractivity contribution is 5.25. The van der Waals surface area contributed by atoms with E-state index in [1.54, 1.807) is 0 Å². The summed E-state index contributed by atoms with van der Waals surface area (Å²) in [6.45, 7) is 2.14. The predicted octanol–water partition coefficient (Wildman–Crippen LogP) is 1.32. The maximum atomic E-state index is 9.20. The van der Waals surface area contributed by atoms with Crippen molar-refractivity contribution in [2.24, 2.45) is 0 Å². The Kier molecular flexibility index (Phi) is 9.43. The maximum absolute atomic E-state index is 9.20. The summed E-state index contributed by atoms with van der Waals surface area (Å²) in [6.07, 6.45) is 3.38. The van der Waals surface area contributed by atoms with E-state index in [9.17, 15) is 5.11 Å². The van der Waals surface area contributed by atoms with Crippen LogP contribution in [0.5, 0.6) is 0 Å². The van der Waals surface area contributed by atoms with Gasteiger partial charge in [0.1, 0.15) is 0 Å². The summed E-state index contributed by atoms with van der Waals surface area (Å²) in [7, 11) is 0. The van der Waals surface area contributed by atoms with Gasteiger partial charge in [0.2, 0.25) is 0 Å². The lowest BCUT2D eigenvalue weighted by molar-refractivity contribution is 0.162. The Bertz CT molecular complexity index is 237. The fraction of sp³-hybridized carbons (Fsp3) is 0.667. The third kappa shape index (κ3) is 9.13. The minimum atomic E-state index is -0.230. The largest absolute Gasteiger partial charge is 0.396 e. The Morgan fingerprint density at radius 2 is 1.79 bits per heavy atom. The molecule has 0 aliphatic heterocycles. The molecule has 0 fully saturated rings. The number of unbranched alkanes of at least 4 members (excludes halogenated alkanes) is 1. The summed E-state index contributed by atoms with van der Waals surface area (Å²) in [6, 6.07) is 0. The van der Waals surface area contributed by atoms with E-state index in [1.165, 1.54) is 0 Å². The molecule has 0 aromatic carbocycles. The standard InChI is InChI=1S/C12H18O2/c1-2-12(14)10-8-6-4-3-5-7-9-11-13/h12-14H,2,7-11H2,1H3. The van der Waals surface area contributed by atoms with E-state index >= 15 is 0 Å². The van der Waals surface area contributed by atoms with Gasteiger partial charge in [0.25, 0.3) is 0 Å². The van der Waals surface area contributed by atoms with E-state index in [1.807, 2.05) is 6.92 Å². The van der Waals surface area contributed by atoms with Gasteiger partial charge in [-0.1, -0.05) is 18.8 Å². The van der Waals surface area contributed by atoms with Crippen molar-refractivity contribution in [2.75, 3.05) is 6.61 Å². The molecule has 2 N–H and O–H groups in total. The van der Waals surface area contributed by atoms with Gasteiger partial charge >= 0.3 is 0 Å². The van der Waals surface area contributed by atoms with Crippen LogP contribution in [0.25, 0.3) is 0 Å². The molecule has 0 heterocycles. The first kappa shape index (κ1) is 13.0. The van der Waals surface area contributed by atoms with Crippen LogP contribution in [0.2, 0.25) is 0 Å². The number of aliphatic hydroxyl groups is 2. The van der Waals surface area contributed by atoms with Crippen LogP contribution in [0, 0.1) is 23.7 Å². The first-order chi connectivity index (χ1) is 6.81. The highest BCUT2D eigenvalue weighted by atomic mass is 16.3. The summed E-state index contributed by atoms with van der Waals surface area (Å²) in [5, 5.41) is 17.7. The molecule has 78 valence electrons. The third-order valence-corrected chi connectivity index (χ3v) is 1.77. The maximum Gasteiger partial charge on any atom is 0.0546 e. The molecular weight excluding hydrogens is 176 g/mol. The Balaban J connectivity index is 3.46. The molecule has 1 unspecified atom stereocenters. The molecule has 2 nitrogen and oxygen atoms in total. The summed E-state index contributed by atoms with van der Waals surface area (Å²) in [5.41, 5.74) is 0. The van der Waals surface area contributed by atoms with Gasteiger partial charge in [-0.3, -0.25) is 0 Å². The first-order valence-corrected chi connectivity index (χ1v) is 5.06. The zero-order valence-electron chi connectivity index (χ0n) is 8.71. The topological polar surface area (TPSA) is 40.5 Å². The second kappa shape index (κ2) is 10.1. The van der Waals surface area contributed by atoms with Crippen LogP contribution in [0.3, 0.4) is 0 Å². The van der Waals surface area contributed by atoms with Crippen molar-refractivity contribution < 1.29 is 10.2 Å². The van der Waals surface area contributed by atoms with E-state index in [2.05, 4.69) is 23.7 Å². The number of rotatable bonds is 5. The van der Waals surface area contributed by atoms with Gasteiger partial charge in [0, 0.05) is 19.4 Å². The summed E-state index contributed by atoms with van der Waals surface area (Å²) >= 11 is 0. The first-order valence-electron chi connectivity index (χ1n) is 5.06. The van der Waals surface area contributed by atoms with Gasteiger partial charge < -0.3 is 10.2 Å². The second-order valence-corrected chi connectivity index (χ2v) is 3.03. The molecule has 0 aliphatic carbocycles. The minimum Gasteiger partial charge on any atom is -0.396 e. The van der Waals surface area contributed by atoms with Gasteiger partial charge in [0.15, 0.2) is 0 Å². The fourth-order valence-electron chi connectivity index (χ4n) is 0.824. The Labute approximate surface area is 86.3 Å². The smallest absolute Gasteiger partial charge is 0.0546 e. The highest BCUT2D eigenvalue weighted by Gasteiger charge is 1.96. The Hall–Kier alpha value is -0.960. The quantitative estimate of drug-likeness (QED) is 0.512. The molecule has 0 amide bonds. The predicted molar refractivity (Wildman–Crippen MR) is 57.4 cm³/mol. The zero-order valence-corrected chi connectivity index (χ0v) is 8.71. The van der Waals surface area contributed by atoms with Gasteiger partial charge in [0.05, 0.1) is 6.10 Å². The average Bonchev–Trinajstić information content (AvgIpc) is 2.21. The summed E-state index contributed by atoms with van der Waals surface area (Å²) in [4.78, 5) is 0. The van der Waals surface area contributed by atoms with Crippen LogP contribution >= 0.6 is 0 Å². The van der Waals surface area contributed by atoms with Gasteiger partial charge in [-0.15, -0.1) is 0 Å². The van der Waals surface area contributed by atoms with E-state index in [-0.39, 0.29) is 12.7 Å². The van der Waals surface area contributed by atoms with Crippen molar-refractivity contribution in [1.29, 1.82) is 0 Å². The number of aliphatic hydroxyl groups excluding tert-OH is 2. The highest BCUT2D eigenvalue weighted by Crippen LogP contribution is 1.98. The zero-order chi connectivity index (χ0) is 10.6. The number of hydrogen-bond acceptors (Lipinski definition) is 2. The van der Waals surface area contributed by atoms with E-state index < -0.39 is 0 Å². The van der Waals surface area contributed by atoms with E-state index in [0.29, 0.717) is 19.3 Å². The minimum absolute atomic E-state index is 0.185. The van der Waals surface area contributed by atoms with E-state index in [0.717, 1.165) is 12.8 Å². The molecule has 0 rings (SSSR count). The molecule has 0 aromatic rings. The van der Waals surface area contributed by atoms with Crippen LogP contribution in [-0.4, -0.2) is 22.9 Å². The van der Waals surface area contributed by atoms with Crippen LogP contribution in [-0.2, 0) is 0 Å². The second-order valence-electron chi connectivity index (χ2n) is 3.03. The van der Waals surface area contributed by atoms with Crippen molar-refractivity contribution in [1.82, 2.24) is 0 Å². The van der Waals surface area contributed by atoms with Gasteiger partial charge in [-0.25, -0.2) is 0 Å². The summed E-state index contributed by atoms with van der Waals surface area (Å²) in [5.74, 6) is 11.2. The van der Waals surface area contributed by atoms with Crippen LogP contribution < -0.4 is 0 Å². The van der Waals surface area contributed by atoms with E-state index in [4.69, 9.17) is 5.11 Å². The monoisotopic (exact) mass is 194 g/mol. The lowest BCUT2D eigenvalue weighted by Gasteiger charge is -2.01. The van der Waals surface area contributed by atoms with Crippen LogP contribution in [0.1, 0.15) is 39.0 Å². The number of hydrogen-bond donors (Lipinski definition) is 2. The van der Waals surface area contributed by atoms with Crippen molar-refractivity contribution >= 4 is 0 Å². The van der Waals surface area contributed by atoms with Gasteiger partial charge in [-0.2, -0.15) is 0 Å². The Morgan fingerprint density at radius 3 is 2.36 bits per heavy atom. The third-order valence-electron chi connectivity index (χ3n) is 1.77. The lowest BCUT2D eigenvalue weighted by Crippen LogP contribution is -2.02. The summed E-state index contributed by atoms with van der Waals surface area (Å²) < 4.78 is 0. The van der Waals surface area contributed by atoms with Crippen molar-refractivity contribution in [2.45, 2.75) is 45.1 Å².